The van der Waals surface area contributed by atoms with Gasteiger partial charge in [0.25, 0.3) is 5.91 Å². The number of hydrogen-bond donors (Lipinski definition) is 3. The van der Waals surface area contributed by atoms with Crippen molar-refractivity contribution < 1.29 is 19.1 Å². The summed E-state index contributed by atoms with van der Waals surface area (Å²) in [6.07, 6.45) is 7.81. The largest absolute Gasteiger partial charge is 0.493 e. The molecule has 0 saturated carbocycles. The van der Waals surface area contributed by atoms with Crippen molar-refractivity contribution in [1.82, 2.24) is 16.2 Å². The zero-order chi connectivity index (χ0) is 18.1. The van der Waals surface area contributed by atoms with Crippen LogP contribution in [0.2, 0.25) is 0 Å². The van der Waals surface area contributed by atoms with Gasteiger partial charge in [-0.15, -0.1) is 0 Å². The Morgan fingerprint density at radius 3 is 2.56 bits per heavy atom. The molecular formula is C18H25N3O4. The van der Waals surface area contributed by atoms with Crippen LogP contribution in [0.1, 0.15) is 42.5 Å². The predicted octanol–water partition coefficient (Wildman–Crippen LogP) is 2.54. The SMILES string of the molecule is COc1ccc(C(=O)NNC(=O)NCCC2=CCCCC2)cc1OC. The Morgan fingerprint density at radius 2 is 1.88 bits per heavy atom. The average Bonchev–Trinajstić information content (AvgIpc) is 2.66. The second kappa shape index (κ2) is 9.56. The summed E-state index contributed by atoms with van der Waals surface area (Å²) < 4.78 is 10.3. The van der Waals surface area contributed by atoms with E-state index in [2.05, 4.69) is 22.2 Å². The fraction of sp³-hybridized carbons (Fsp3) is 0.444. The molecule has 0 unspecified atom stereocenters. The van der Waals surface area contributed by atoms with Crippen molar-refractivity contribution in [1.29, 1.82) is 0 Å². The van der Waals surface area contributed by atoms with Gasteiger partial charge in [0.2, 0.25) is 0 Å². The van der Waals surface area contributed by atoms with E-state index in [1.54, 1.807) is 18.2 Å². The Morgan fingerprint density at radius 1 is 1.08 bits per heavy atom. The van der Waals surface area contributed by atoms with Crippen LogP contribution in [-0.4, -0.2) is 32.7 Å². The molecule has 0 radical (unpaired) electrons. The number of urea groups is 1. The molecule has 0 bridgehead atoms. The number of rotatable bonds is 6. The molecular weight excluding hydrogens is 322 g/mol. The molecule has 3 N–H and O–H groups in total. The van der Waals surface area contributed by atoms with E-state index in [0.29, 0.717) is 23.6 Å². The van der Waals surface area contributed by atoms with E-state index in [0.717, 1.165) is 19.3 Å². The molecule has 3 amide bonds. The summed E-state index contributed by atoms with van der Waals surface area (Å²) in [5.74, 6) is 0.535. The third-order valence-electron chi connectivity index (χ3n) is 4.05. The standard InChI is InChI=1S/C18H25N3O4/c1-24-15-9-8-14(12-16(15)25-2)17(22)20-21-18(23)19-11-10-13-6-4-3-5-7-13/h6,8-9,12H,3-5,7,10-11H2,1-2H3,(H,20,22)(H2,19,21,23). The van der Waals surface area contributed by atoms with Crippen molar-refractivity contribution in [3.05, 3.63) is 35.4 Å². The lowest BCUT2D eigenvalue weighted by Gasteiger charge is -2.14. The molecule has 0 aromatic heterocycles. The van der Waals surface area contributed by atoms with E-state index in [4.69, 9.17) is 9.47 Å². The van der Waals surface area contributed by atoms with Crippen molar-refractivity contribution in [3.8, 4) is 11.5 Å². The van der Waals surface area contributed by atoms with E-state index in [9.17, 15) is 9.59 Å². The fourth-order valence-electron chi connectivity index (χ4n) is 2.68. The topological polar surface area (TPSA) is 88.7 Å². The smallest absolute Gasteiger partial charge is 0.333 e. The molecule has 0 saturated heterocycles. The van der Waals surface area contributed by atoms with Crippen LogP contribution in [0.3, 0.4) is 0 Å². The molecule has 0 aliphatic heterocycles. The van der Waals surface area contributed by atoms with Crippen LogP contribution in [0, 0.1) is 0 Å². The van der Waals surface area contributed by atoms with Crippen LogP contribution in [0.25, 0.3) is 0 Å². The van der Waals surface area contributed by atoms with Crippen LogP contribution in [0.5, 0.6) is 11.5 Å². The molecule has 1 aliphatic carbocycles. The summed E-state index contributed by atoms with van der Waals surface area (Å²) in [6.45, 7) is 0.546. The molecule has 25 heavy (non-hydrogen) atoms. The number of ether oxygens (including phenoxy) is 2. The van der Waals surface area contributed by atoms with Gasteiger partial charge in [-0.1, -0.05) is 11.6 Å². The van der Waals surface area contributed by atoms with Gasteiger partial charge in [0.1, 0.15) is 0 Å². The molecule has 7 heteroatoms. The van der Waals surface area contributed by atoms with Crippen LogP contribution >= 0.6 is 0 Å². The summed E-state index contributed by atoms with van der Waals surface area (Å²) in [4.78, 5) is 23.8. The number of amides is 3. The molecule has 2 rings (SSSR count). The third-order valence-corrected chi connectivity index (χ3v) is 4.05. The van der Waals surface area contributed by atoms with Gasteiger partial charge < -0.3 is 14.8 Å². The second-order valence-electron chi connectivity index (χ2n) is 5.76. The highest BCUT2D eigenvalue weighted by atomic mass is 16.5. The summed E-state index contributed by atoms with van der Waals surface area (Å²) in [5.41, 5.74) is 6.45. The van der Waals surface area contributed by atoms with Gasteiger partial charge in [0.05, 0.1) is 14.2 Å². The van der Waals surface area contributed by atoms with Crippen molar-refractivity contribution in [2.24, 2.45) is 0 Å². The summed E-state index contributed by atoms with van der Waals surface area (Å²) >= 11 is 0. The van der Waals surface area contributed by atoms with Gasteiger partial charge in [-0.05, 0) is 50.3 Å². The first-order valence-electron chi connectivity index (χ1n) is 8.38. The number of methoxy groups -OCH3 is 2. The summed E-state index contributed by atoms with van der Waals surface area (Å²) in [7, 11) is 3.01. The van der Waals surface area contributed by atoms with Gasteiger partial charge in [-0.3, -0.25) is 10.2 Å². The fourth-order valence-corrected chi connectivity index (χ4v) is 2.68. The Kier molecular flexibility index (Phi) is 7.13. The van der Waals surface area contributed by atoms with Gasteiger partial charge >= 0.3 is 6.03 Å². The molecule has 1 aromatic rings. The average molecular weight is 347 g/mol. The van der Waals surface area contributed by atoms with Gasteiger partial charge in [0.15, 0.2) is 11.5 Å². The predicted molar refractivity (Wildman–Crippen MR) is 94.7 cm³/mol. The Labute approximate surface area is 147 Å². The monoisotopic (exact) mass is 347 g/mol. The number of allylic oxidation sites excluding steroid dienone is 1. The van der Waals surface area contributed by atoms with E-state index < -0.39 is 11.9 Å². The maximum atomic E-state index is 12.1. The first-order valence-corrected chi connectivity index (χ1v) is 8.38. The Balaban J connectivity index is 1.75. The van der Waals surface area contributed by atoms with E-state index in [1.807, 2.05) is 0 Å². The molecule has 0 spiro atoms. The third kappa shape index (κ3) is 5.70. The summed E-state index contributed by atoms with van der Waals surface area (Å²) in [6, 6.07) is 4.33. The molecule has 0 fully saturated rings. The lowest BCUT2D eigenvalue weighted by Crippen LogP contribution is -2.47. The normalized spacial score (nSPS) is 13.4. The number of carbonyl (C=O) groups excluding carboxylic acids is 2. The van der Waals surface area contributed by atoms with Crippen molar-refractivity contribution >= 4 is 11.9 Å². The molecule has 1 aliphatic rings. The highest BCUT2D eigenvalue weighted by Crippen LogP contribution is 2.27. The zero-order valence-corrected chi connectivity index (χ0v) is 14.7. The van der Waals surface area contributed by atoms with E-state index in [-0.39, 0.29) is 0 Å². The lowest BCUT2D eigenvalue weighted by atomic mass is 9.97. The first kappa shape index (κ1) is 18.6. The quantitative estimate of drug-likeness (QED) is 0.545. The lowest BCUT2D eigenvalue weighted by molar-refractivity contribution is 0.0936. The maximum Gasteiger partial charge on any atom is 0.333 e. The molecule has 1 aromatic carbocycles. The number of benzene rings is 1. The first-order chi connectivity index (χ1) is 12.1. The minimum absolute atomic E-state index is 0.352. The van der Waals surface area contributed by atoms with Gasteiger partial charge in [-0.2, -0.15) is 0 Å². The molecule has 136 valence electrons. The van der Waals surface area contributed by atoms with Gasteiger partial charge in [0, 0.05) is 12.1 Å². The van der Waals surface area contributed by atoms with Crippen LogP contribution in [0.15, 0.2) is 29.8 Å². The van der Waals surface area contributed by atoms with Crippen LogP contribution < -0.4 is 25.6 Å². The highest BCUT2D eigenvalue weighted by molar-refractivity contribution is 5.95. The Hall–Kier alpha value is -2.70. The number of hydrogen-bond acceptors (Lipinski definition) is 4. The maximum absolute atomic E-state index is 12.1. The van der Waals surface area contributed by atoms with E-state index in [1.165, 1.54) is 32.6 Å². The van der Waals surface area contributed by atoms with Gasteiger partial charge in [-0.25, -0.2) is 10.2 Å². The van der Waals surface area contributed by atoms with Crippen molar-refractivity contribution in [2.45, 2.75) is 32.1 Å². The number of nitrogens with one attached hydrogen (secondary N) is 3. The van der Waals surface area contributed by atoms with Crippen molar-refractivity contribution in [2.75, 3.05) is 20.8 Å². The molecule has 0 atom stereocenters. The number of carbonyl (C=O) groups is 2. The Bertz CT molecular complexity index is 643. The second-order valence-corrected chi connectivity index (χ2v) is 5.76. The highest BCUT2D eigenvalue weighted by Gasteiger charge is 2.11. The summed E-state index contributed by atoms with van der Waals surface area (Å²) in [5, 5.41) is 2.73. The zero-order valence-electron chi connectivity index (χ0n) is 14.7. The van der Waals surface area contributed by atoms with E-state index >= 15 is 0 Å². The number of hydrazine groups is 1. The minimum Gasteiger partial charge on any atom is -0.493 e. The molecule has 7 nitrogen and oxygen atoms in total. The molecule has 0 heterocycles. The van der Waals surface area contributed by atoms with Crippen LogP contribution in [0.4, 0.5) is 4.79 Å². The minimum atomic E-state index is -0.440. The van der Waals surface area contributed by atoms with Crippen LogP contribution in [-0.2, 0) is 0 Å². The van der Waals surface area contributed by atoms with Crippen molar-refractivity contribution in [3.63, 3.8) is 0 Å².